The lowest BCUT2D eigenvalue weighted by molar-refractivity contribution is 0.0600. The summed E-state index contributed by atoms with van der Waals surface area (Å²) in [6.07, 6.45) is 7.81. The Kier molecular flexibility index (Phi) is 6.13. The third-order valence-electron chi connectivity index (χ3n) is 6.61. The van der Waals surface area contributed by atoms with Crippen LogP contribution in [-0.4, -0.2) is 34.1 Å². The maximum Gasteiger partial charge on any atom is 0.337 e. The van der Waals surface area contributed by atoms with Crippen molar-refractivity contribution < 1.29 is 13.9 Å². The van der Waals surface area contributed by atoms with Crippen molar-refractivity contribution in [2.24, 2.45) is 0 Å². The molecule has 0 spiro atoms. The molecule has 1 aliphatic heterocycles. The lowest BCUT2D eigenvalue weighted by Crippen LogP contribution is -2.40. The number of furan rings is 1. The van der Waals surface area contributed by atoms with Crippen LogP contribution in [0.1, 0.15) is 66.0 Å². The molecule has 1 saturated heterocycles. The summed E-state index contributed by atoms with van der Waals surface area (Å²) >= 11 is 5.83. The lowest BCUT2D eigenvalue weighted by atomic mass is 9.92. The van der Waals surface area contributed by atoms with Gasteiger partial charge in [0.25, 0.3) is 0 Å². The molecule has 3 heterocycles. The molecule has 7 heteroatoms. The molecule has 0 amide bonds. The van der Waals surface area contributed by atoms with E-state index in [9.17, 15) is 4.79 Å². The Morgan fingerprint density at radius 3 is 2.58 bits per heavy atom. The molecule has 1 saturated carbocycles. The molecule has 33 heavy (non-hydrogen) atoms. The average Bonchev–Trinajstić information content (AvgIpc) is 3.49. The topological polar surface area (TPSA) is 67.6 Å². The molecule has 0 unspecified atom stereocenters. The van der Waals surface area contributed by atoms with E-state index in [-0.39, 0.29) is 18.1 Å². The number of ether oxygens (including phenoxy) is 1. The van der Waals surface area contributed by atoms with Gasteiger partial charge in [0.2, 0.25) is 0 Å². The standard InChI is InChI=1S/C26H27N3O3S/c1-31-25(30)18-12-10-17(11-13-18)21-14-15-22(32-21)24-23(20-9-5-6-16-27-20)28-26(33)29(24)19-7-3-2-4-8-19/h5-6,9-16,19,23-24H,2-4,7-8H2,1H3,(H,28,33)/t23-,24+/m1/s1. The molecule has 1 aliphatic carbocycles. The summed E-state index contributed by atoms with van der Waals surface area (Å²) in [6.45, 7) is 0. The molecular weight excluding hydrogens is 434 g/mol. The van der Waals surface area contributed by atoms with Gasteiger partial charge in [0, 0.05) is 17.8 Å². The third-order valence-corrected chi connectivity index (χ3v) is 6.94. The van der Waals surface area contributed by atoms with Crippen LogP contribution in [0.4, 0.5) is 0 Å². The number of esters is 1. The van der Waals surface area contributed by atoms with Crippen molar-refractivity contribution in [3.8, 4) is 11.3 Å². The zero-order valence-corrected chi connectivity index (χ0v) is 19.4. The van der Waals surface area contributed by atoms with Crippen LogP contribution in [0.25, 0.3) is 11.3 Å². The predicted molar refractivity (Wildman–Crippen MR) is 130 cm³/mol. The Balaban J connectivity index is 1.49. The number of hydrogen-bond donors (Lipinski definition) is 1. The SMILES string of the molecule is COC(=O)c1ccc(-c2ccc([C@H]3[C@@H](c4ccccn4)NC(=S)N3C3CCCCC3)o2)cc1. The average molecular weight is 462 g/mol. The van der Waals surface area contributed by atoms with Crippen LogP contribution in [0.5, 0.6) is 0 Å². The number of rotatable bonds is 5. The highest BCUT2D eigenvalue weighted by atomic mass is 32.1. The van der Waals surface area contributed by atoms with E-state index in [4.69, 9.17) is 21.4 Å². The van der Waals surface area contributed by atoms with Crippen LogP contribution in [-0.2, 0) is 4.74 Å². The number of pyridine rings is 1. The first kappa shape index (κ1) is 21.6. The van der Waals surface area contributed by atoms with Gasteiger partial charge < -0.3 is 19.4 Å². The van der Waals surface area contributed by atoms with Crippen LogP contribution in [0.2, 0.25) is 0 Å². The van der Waals surface area contributed by atoms with Crippen molar-refractivity contribution in [3.05, 3.63) is 77.8 Å². The second-order valence-electron chi connectivity index (χ2n) is 8.60. The number of nitrogens with zero attached hydrogens (tertiary/aromatic N) is 2. The number of methoxy groups -OCH3 is 1. The molecule has 2 aliphatic rings. The van der Waals surface area contributed by atoms with Gasteiger partial charge in [-0.15, -0.1) is 0 Å². The molecule has 1 aromatic carbocycles. The van der Waals surface area contributed by atoms with E-state index in [1.807, 2.05) is 48.7 Å². The molecule has 2 fully saturated rings. The molecule has 3 aromatic rings. The van der Waals surface area contributed by atoms with E-state index in [2.05, 4.69) is 15.2 Å². The third kappa shape index (κ3) is 4.25. The van der Waals surface area contributed by atoms with Gasteiger partial charge in [0.1, 0.15) is 17.6 Å². The molecule has 170 valence electrons. The Bertz CT molecular complexity index is 1120. The van der Waals surface area contributed by atoms with E-state index in [1.54, 1.807) is 12.1 Å². The van der Waals surface area contributed by atoms with Crippen molar-refractivity contribution in [1.82, 2.24) is 15.2 Å². The van der Waals surface area contributed by atoms with Crippen molar-refractivity contribution in [2.75, 3.05) is 7.11 Å². The maximum absolute atomic E-state index is 11.8. The number of benzene rings is 1. The second-order valence-corrected chi connectivity index (χ2v) is 8.98. The van der Waals surface area contributed by atoms with Gasteiger partial charge in [0.05, 0.1) is 24.4 Å². The van der Waals surface area contributed by atoms with Gasteiger partial charge in [-0.2, -0.15) is 0 Å². The Labute approximate surface area is 199 Å². The second kappa shape index (κ2) is 9.35. The summed E-state index contributed by atoms with van der Waals surface area (Å²) in [5, 5.41) is 4.29. The van der Waals surface area contributed by atoms with E-state index in [0.717, 1.165) is 40.7 Å². The molecule has 2 aromatic heterocycles. The minimum Gasteiger partial charge on any atom is -0.465 e. The normalized spacial score (nSPS) is 21.1. The fourth-order valence-corrected chi connectivity index (χ4v) is 5.37. The zero-order chi connectivity index (χ0) is 22.8. The van der Waals surface area contributed by atoms with E-state index in [1.165, 1.54) is 26.4 Å². The molecule has 1 N–H and O–H groups in total. The van der Waals surface area contributed by atoms with Crippen LogP contribution in [0.3, 0.4) is 0 Å². The number of carbonyl (C=O) groups is 1. The van der Waals surface area contributed by atoms with Crippen molar-refractivity contribution in [1.29, 1.82) is 0 Å². The van der Waals surface area contributed by atoms with Gasteiger partial charge in [-0.05, 0) is 61.5 Å². The summed E-state index contributed by atoms with van der Waals surface area (Å²) in [4.78, 5) is 18.7. The first-order valence-electron chi connectivity index (χ1n) is 11.4. The summed E-state index contributed by atoms with van der Waals surface area (Å²) in [7, 11) is 1.38. The first-order valence-corrected chi connectivity index (χ1v) is 11.8. The van der Waals surface area contributed by atoms with Crippen LogP contribution in [0, 0.1) is 0 Å². The number of thiocarbonyl (C=S) groups is 1. The van der Waals surface area contributed by atoms with Gasteiger partial charge in [-0.3, -0.25) is 4.98 Å². The Morgan fingerprint density at radius 2 is 1.88 bits per heavy atom. The molecular formula is C26H27N3O3S. The van der Waals surface area contributed by atoms with Crippen LogP contribution >= 0.6 is 12.2 Å². The monoisotopic (exact) mass is 461 g/mol. The smallest absolute Gasteiger partial charge is 0.337 e. The Morgan fingerprint density at radius 1 is 1.09 bits per heavy atom. The fraction of sp³-hybridized carbons (Fsp3) is 0.346. The summed E-state index contributed by atoms with van der Waals surface area (Å²) < 4.78 is 11.2. The highest BCUT2D eigenvalue weighted by molar-refractivity contribution is 7.80. The van der Waals surface area contributed by atoms with E-state index in [0.29, 0.717) is 11.6 Å². The number of hydrogen-bond acceptors (Lipinski definition) is 5. The molecule has 6 nitrogen and oxygen atoms in total. The van der Waals surface area contributed by atoms with E-state index < -0.39 is 0 Å². The quantitative estimate of drug-likeness (QED) is 0.401. The fourth-order valence-electron chi connectivity index (χ4n) is 4.98. The first-order chi connectivity index (χ1) is 16.2. The summed E-state index contributed by atoms with van der Waals surface area (Å²) in [5.74, 6) is 1.26. The molecule has 0 bridgehead atoms. The van der Waals surface area contributed by atoms with Crippen molar-refractivity contribution >= 4 is 23.3 Å². The predicted octanol–water partition coefficient (Wildman–Crippen LogP) is 5.43. The van der Waals surface area contributed by atoms with Gasteiger partial charge >= 0.3 is 5.97 Å². The molecule has 5 rings (SSSR count). The number of nitrogens with one attached hydrogen (secondary N) is 1. The van der Waals surface area contributed by atoms with Crippen molar-refractivity contribution in [3.63, 3.8) is 0 Å². The summed E-state index contributed by atoms with van der Waals surface area (Å²) in [6, 6.07) is 17.5. The van der Waals surface area contributed by atoms with E-state index >= 15 is 0 Å². The molecule has 2 atom stereocenters. The van der Waals surface area contributed by atoms with Crippen LogP contribution < -0.4 is 5.32 Å². The minimum atomic E-state index is -0.353. The van der Waals surface area contributed by atoms with Gasteiger partial charge in [-0.1, -0.05) is 37.5 Å². The van der Waals surface area contributed by atoms with Crippen LogP contribution in [0.15, 0.2) is 65.2 Å². The largest absolute Gasteiger partial charge is 0.465 e. The van der Waals surface area contributed by atoms with Crippen molar-refractivity contribution in [2.45, 2.75) is 50.2 Å². The number of aromatic nitrogens is 1. The zero-order valence-electron chi connectivity index (χ0n) is 18.6. The lowest BCUT2D eigenvalue weighted by Gasteiger charge is -2.36. The molecule has 0 radical (unpaired) electrons. The summed E-state index contributed by atoms with van der Waals surface area (Å²) in [5.41, 5.74) is 2.36. The van der Waals surface area contributed by atoms with Gasteiger partial charge in [-0.25, -0.2) is 4.79 Å². The van der Waals surface area contributed by atoms with Gasteiger partial charge in [0.15, 0.2) is 5.11 Å². The Hall–Kier alpha value is -3.19. The number of carbonyl (C=O) groups excluding carboxylic acids is 1. The maximum atomic E-state index is 11.8. The minimum absolute atomic E-state index is 0.0707. The highest BCUT2D eigenvalue weighted by Gasteiger charge is 2.44. The highest BCUT2D eigenvalue weighted by Crippen LogP contribution is 2.43.